The third-order valence-corrected chi connectivity index (χ3v) is 4.66. The molecule has 0 aliphatic carbocycles. The van der Waals surface area contributed by atoms with Crippen molar-refractivity contribution in [1.82, 2.24) is 4.98 Å². The number of nitro groups is 1. The van der Waals surface area contributed by atoms with Crippen molar-refractivity contribution in [2.45, 2.75) is 19.3 Å². The van der Waals surface area contributed by atoms with Crippen LogP contribution in [0.3, 0.4) is 0 Å². The maximum Gasteiger partial charge on any atom is 0.323 e. The molecule has 2 aromatic carbocycles. The van der Waals surface area contributed by atoms with Crippen LogP contribution < -0.4 is 10.6 Å². The lowest BCUT2D eigenvalue weighted by molar-refractivity contribution is -0.384. The highest BCUT2D eigenvalue weighted by Gasteiger charge is 2.10. The fourth-order valence-corrected chi connectivity index (χ4v) is 3.18. The van der Waals surface area contributed by atoms with Crippen LogP contribution in [0.4, 0.5) is 21.9 Å². The van der Waals surface area contributed by atoms with Crippen LogP contribution in [0, 0.1) is 10.1 Å². The van der Waals surface area contributed by atoms with Crippen molar-refractivity contribution in [2.24, 2.45) is 0 Å². The molecule has 0 spiro atoms. The molecular weight excluding hydrogens is 424 g/mol. The first-order chi connectivity index (χ1) is 15.9. The highest BCUT2D eigenvalue weighted by Crippen LogP contribution is 2.26. The van der Waals surface area contributed by atoms with Gasteiger partial charge in [0.1, 0.15) is 0 Å². The molecule has 0 saturated heterocycles. The van der Waals surface area contributed by atoms with Gasteiger partial charge < -0.3 is 15.7 Å². The molecule has 1 aromatic heterocycles. The number of amides is 2. The van der Waals surface area contributed by atoms with E-state index in [4.69, 9.17) is 5.11 Å². The largest absolute Gasteiger partial charge is 0.481 e. The van der Waals surface area contributed by atoms with Gasteiger partial charge in [-0.1, -0.05) is 30.3 Å². The quantitative estimate of drug-likeness (QED) is 0.231. The van der Waals surface area contributed by atoms with Gasteiger partial charge in [0.2, 0.25) is 0 Å². The number of hydrogen-bond acceptors (Lipinski definition) is 5. The zero-order chi connectivity index (χ0) is 23.6. The van der Waals surface area contributed by atoms with E-state index in [0.29, 0.717) is 24.2 Å². The van der Waals surface area contributed by atoms with Crippen molar-refractivity contribution in [3.63, 3.8) is 0 Å². The molecule has 3 rings (SSSR count). The summed E-state index contributed by atoms with van der Waals surface area (Å²) in [7, 11) is 0. The minimum atomic E-state index is -0.840. The summed E-state index contributed by atoms with van der Waals surface area (Å²) >= 11 is 0. The van der Waals surface area contributed by atoms with Crippen LogP contribution in [0.15, 0.2) is 79.1 Å². The maximum absolute atomic E-state index is 12.4. The highest BCUT2D eigenvalue weighted by atomic mass is 16.6. The van der Waals surface area contributed by atoms with Gasteiger partial charge in [0, 0.05) is 47.9 Å². The lowest BCUT2D eigenvalue weighted by Gasteiger charge is -2.12. The Labute approximate surface area is 190 Å². The SMILES string of the molecule is O=C(O)CCCC=C(c1cccnc1)c1cccc(NC(=O)Nc2cccc([N+](=O)[O-])c2)c1. The molecule has 168 valence electrons. The van der Waals surface area contributed by atoms with E-state index < -0.39 is 16.9 Å². The number of anilines is 2. The standard InChI is InChI=1S/C24H22N4O5/c29-23(30)12-2-1-11-22(18-7-5-13-25-16-18)17-6-3-8-19(14-17)26-24(31)27-20-9-4-10-21(15-20)28(32)33/h3-11,13-16H,1-2,12H2,(H,29,30)(H2,26,27,31). The smallest absolute Gasteiger partial charge is 0.323 e. The van der Waals surface area contributed by atoms with Crippen LogP contribution in [0.25, 0.3) is 5.57 Å². The second kappa shape index (κ2) is 11.2. The van der Waals surface area contributed by atoms with Gasteiger partial charge in [-0.2, -0.15) is 0 Å². The predicted octanol–water partition coefficient (Wildman–Crippen LogP) is 5.32. The number of urea groups is 1. The van der Waals surface area contributed by atoms with E-state index in [-0.39, 0.29) is 12.1 Å². The Morgan fingerprint density at radius 3 is 2.36 bits per heavy atom. The molecule has 0 unspecified atom stereocenters. The molecule has 0 radical (unpaired) electrons. The van der Waals surface area contributed by atoms with Gasteiger partial charge in [0.15, 0.2) is 0 Å². The summed E-state index contributed by atoms with van der Waals surface area (Å²) in [6, 6.07) is 16.0. The van der Waals surface area contributed by atoms with Crippen LogP contribution in [-0.2, 0) is 4.79 Å². The third kappa shape index (κ3) is 7.00. The number of carbonyl (C=O) groups is 2. The summed E-state index contributed by atoms with van der Waals surface area (Å²) in [5, 5.41) is 25.1. The van der Waals surface area contributed by atoms with E-state index in [1.165, 1.54) is 18.2 Å². The molecule has 2 amide bonds. The predicted molar refractivity (Wildman–Crippen MR) is 125 cm³/mol. The van der Waals surface area contributed by atoms with Crippen LogP contribution >= 0.6 is 0 Å². The minimum absolute atomic E-state index is 0.0796. The third-order valence-electron chi connectivity index (χ3n) is 4.66. The molecule has 3 N–H and O–H groups in total. The zero-order valence-electron chi connectivity index (χ0n) is 17.6. The number of unbranched alkanes of at least 4 members (excludes halogenated alkanes) is 1. The summed E-state index contributed by atoms with van der Waals surface area (Å²) in [6.07, 6.45) is 6.50. The van der Waals surface area contributed by atoms with E-state index in [0.717, 1.165) is 16.7 Å². The first kappa shape index (κ1) is 23.1. The van der Waals surface area contributed by atoms with Gasteiger partial charge in [0.25, 0.3) is 5.69 Å². The van der Waals surface area contributed by atoms with Crippen molar-refractivity contribution < 1.29 is 19.6 Å². The number of nitro benzene ring substituents is 1. The summed E-state index contributed by atoms with van der Waals surface area (Å²) in [6.45, 7) is 0. The van der Waals surface area contributed by atoms with Gasteiger partial charge in [-0.25, -0.2) is 4.79 Å². The fraction of sp³-hybridized carbons (Fsp3) is 0.125. The summed E-state index contributed by atoms with van der Waals surface area (Å²) in [4.78, 5) is 37.8. The van der Waals surface area contributed by atoms with E-state index in [9.17, 15) is 19.7 Å². The first-order valence-electron chi connectivity index (χ1n) is 10.2. The van der Waals surface area contributed by atoms with Crippen molar-refractivity contribution in [1.29, 1.82) is 0 Å². The van der Waals surface area contributed by atoms with Crippen LogP contribution in [0.2, 0.25) is 0 Å². The molecule has 9 nitrogen and oxygen atoms in total. The number of carboxylic acid groups (broad SMARTS) is 1. The summed E-state index contributed by atoms with van der Waals surface area (Å²) in [5.74, 6) is -0.840. The molecular formula is C24H22N4O5. The van der Waals surface area contributed by atoms with Gasteiger partial charge in [-0.15, -0.1) is 0 Å². The van der Waals surface area contributed by atoms with E-state index in [1.54, 1.807) is 36.7 Å². The van der Waals surface area contributed by atoms with Crippen LogP contribution in [0.1, 0.15) is 30.4 Å². The number of hydrogen-bond donors (Lipinski definition) is 3. The Morgan fingerprint density at radius 1 is 1.00 bits per heavy atom. The monoisotopic (exact) mass is 446 g/mol. The van der Waals surface area contributed by atoms with Crippen molar-refractivity contribution in [3.05, 3.63) is 100 Å². The van der Waals surface area contributed by atoms with E-state index >= 15 is 0 Å². The number of aliphatic carboxylic acids is 1. The van der Waals surface area contributed by atoms with Crippen molar-refractivity contribution in [2.75, 3.05) is 10.6 Å². The van der Waals surface area contributed by atoms with E-state index in [2.05, 4.69) is 15.6 Å². The van der Waals surface area contributed by atoms with Gasteiger partial charge >= 0.3 is 12.0 Å². The molecule has 1 heterocycles. The normalized spacial score (nSPS) is 11.0. The second-order valence-corrected chi connectivity index (χ2v) is 7.11. The summed E-state index contributed by atoms with van der Waals surface area (Å²) < 4.78 is 0. The lowest BCUT2D eigenvalue weighted by atomic mass is 9.97. The van der Waals surface area contributed by atoms with Crippen molar-refractivity contribution >= 4 is 34.6 Å². The number of carbonyl (C=O) groups excluding carboxylic acids is 1. The topological polar surface area (TPSA) is 134 Å². The Kier molecular flexibility index (Phi) is 7.85. The molecule has 0 aliphatic rings. The summed E-state index contributed by atoms with van der Waals surface area (Å²) in [5.41, 5.74) is 3.26. The Balaban J connectivity index is 1.77. The minimum Gasteiger partial charge on any atom is -0.481 e. The number of rotatable bonds is 9. The molecule has 0 bridgehead atoms. The van der Waals surface area contributed by atoms with Gasteiger partial charge in [0.05, 0.1) is 4.92 Å². The molecule has 9 heteroatoms. The average molecular weight is 446 g/mol. The first-order valence-corrected chi connectivity index (χ1v) is 10.2. The Bertz CT molecular complexity index is 1180. The second-order valence-electron chi connectivity index (χ2n) is 7.11. The zero-order valence-corrected chi connectivity index (χ0v) is 17.6. The van der Waals surface area contributed by atoms with E-state index in [1.807, 2.05) is 24.3 Å². The number of aromatic nitrogens is 1. The van der Waals surface area contributed by atoms with Crippen molar-refractivity contribution in [3.8, 4) is 0 Å². The Hall–Kier alpha value is -4.53. The molecule has 0 atom stereocenters. The number of nitrogens with zero attached hydrogens (tertiary/aromatic N) is 2. The average Bonchev–Trinajstić information content (AvgIpc) is 2.79. The molecule has 33 heavy (non-hydrogen) atoms. The Morgan fingerprint density at radius 2 is 1.70 bits per heavy atom. The maximum atomic E-state index is 12.4. The number of benzene rings is 2. The van der Waals surface area contributed by atoms with Gasteiger partial charge in [-0.05, 0) is 48.2 Å². The van der Waals surface area contributed by atoms with Crippen LogP contribution in [-0.4, -0.2) is 27.0 Å². The lowest BCUT2D eigenvalue weighted by Crippen LogP contribution is -2.19. The number of carboxylic acids is 1. The molecule has 0 saturated carbocycles. The van der Waals surface area contributed by atoms with Crippen LogP contribution in [0.5, 0.6) is 0 Å². The number of pyridine rings is 1. The van der Waals surface area contributed by atoms with Gasteiger partial charge in [-0.3, -0.25) is 19.9 Å². The number of non-ortho nitro benzene ring substituents is 1. The fourth-order valence-electron chi connectivity index (χ4n) is 3.18. The molecule has 3 aromatic rings. The number of allylic oxidation sites excluding steroid dienone is 1. The number of nitrogens with one attached hydrogen (secondary N) is 2. The highest BCUT2D eigenvalue weighted by molar-refractivity contribution is 6.00. The molecule has 0 aliphatic heterocycles. The molecule has 0 fully saturated rings.